The van der Waals surface area contributed by atoms with Crippen molar-refractivity contribution in [2.75, 3.05) is 0 Å². The highest BCUT2D eigenvalue weighted by Crippen LogP contribution is 2.31. The van der Waals surface area contributed by atoms with Crippen LogP contribution in [0.2, 0.25) is 0 Å². The maximum atomic E-state index is 10.9. The lowest BCUT2D eigenvalue weighted by Gasteiger charge is -2.15. The highest BCUT2D eigenvalue weighted by atomic mass is 16.6. The molecule has 8 heteroatoms. The summed E-state index contributed by atoms with van der Waals surface area (Å²) in [5.74, 6) is -1.60. The van der Waals surface area contributed by atoms with Crippen molar-refractivity contribution in [3.63, 3.8) is 0 Å². The summed E-state index contributed by atoms with van der Waals surface area (Å²) < 4.78 is 0. The summed E-state index contributed by atoms with van der Waals surface area (Å²) >= 11 is 0. The van der Waals surface area contributed by atoms with Crippen LogP contribution in [0.15, 0.2) is 30.5 Å². The molecule has 0 spiro atoms. The molecule has 2 rings (SSSR count). The molecule has 0 aliphatic carbocycles. The summed E-state index contributed by atoms with van der Waals surface area (Å²) in [4.78, 5) is 24.9. The second-order valence-electron chi connectivity index (χ2n) is 4.06. The van der Waals surface area contributed by atoms with Crippen LogP contribution in [0.1, 0.15) is 11.7 Å². The molecule has 3 N–H and O–H groups in total. The zero-order valence-corrected chi connectivity index (χ0v) is 10.0. The van der Waals surface area contributed by atoms with E-state index < -0.39 is 23.1 Å². The van der Waals surface area contributed by atoms with Crippen LogP contribution in [0.5, 0.6) is 0 Å². The van der Waals surface area contributed by atoms with E-state index in [1.165, 1.54) is 24.4 Å². The van der Waals surface area contributed by atoms with Gasteiger partial charge in [-0.25, -0.2) is 4.79 Å². The number of hydrogen-bond donors (Lipinski definition) is 3. The van der Waals surface area contributed by atoms with Crippen LogP contribution in [-0.2, 0) is 4.79 Å². The molecule has 2 atom stereocenters. The Bertz CT molecular complexity index is 687. The molecule has 0 bridgehead atoms. The first-order valence-corrected chi connectivity index (χ1v) is 5.54. The Kier molecular flexibility index (Phi) is 3.59. The van der Waals surface area contributed by atoms with Crippen molar-refractivity contribution in [2.24, 2.45) is 0 Å². The summed E-state index contributed by atoms with van der Waals surface area (Å²) in [6, 6.07) is 5.24. The average Bonchev–Trinajstić information content (AvgIpc) is 2.44. The number of fused-ring (bicyclic) bond motifs is 1. The number of nitro benzene ring substituents is 1. The topological polar surface area (TPSA) is 134 Å². The van der Waals surface area contributed by atoms with Gasteiger partial charge in [-0.05, 0) is 18.2 Å². The number of aliphatic hydroxyl groups excluding tert-OH is 2. The van der Waals surface area contributed by atoms with Crippen LogP contribution in [0.3, 0.4) is 0 Å². The fourth-order valence-electron chi connectivity index (χ4n) is 1.88. The molecule has 2 aromatic rings. The molecular weight excluding hydrogens is 268 g/mol. The van der Waals surface area contributed by atoms with Crippen LogP contribution in [0.25, 0.3) is 10.9 Å². The lowest BCUT2D eigenvalue weighted by molar-refractivity contribution is -0.383. The number of nitrogens with zero attached hydrogens (tertiary/aromatic N) is 2. The second kappa shape index (κ2) is 5.19. The summed E-state index contributed by atoms with van der Waals surface area (Å²) in [7, 11) is 0. The van der Waals surface area contributed by atoms with Crippen LogP contribution < -0.4 is 0 Å². The van der Waals surface area contributed by atoms with Gasteiger partial charge in [0, 0.05) is 17.8 Å². The van der Waals surface area contributed by atoms with E-state index in [1.54, 1.807) is 0 Å². The van der Waals surface area contributed by atoms with Gasteiger partial charge in [0.2, 0.25) is 0 Å². The minimum atomic E-state index is -2.04. The first-order valence-electron chi connectivity index (χ1n) is 5.54. The van der Waals surface area contributed by atoms with Gasteiger partial charge in [0.05, 0.1) is 15.8 Å². The predicted molar refractivity (Wildman–Crippen MR) is 67.0 cm³/mol. The fourth-order valence-corrected chi connectivity index (χ4v) is 1.88. The van der Waals surface area contributed by atoms with E-state index in [4.69, 9.17) is 5.11 Å². The molecule has 0 aliphatic rings. The third kappa shape index (κ3) is 2.29. The number of aliphatic hydroxyl groups is 2. The minimum absolute atomic E-state index is 0.0149. The molecule has 1 heterocycles. The Labute approximate surface area is 112 Å². The molecule has 0 saturated heterocycles. The van der Waals surface area contributed by atoms with Crippen molar-refractivity contribution in [1.82, 2.24) is 4.98 Å². The lowest BCUT2D eigenvalue weighted by atomic mass is 10.00. The highest BCUT2D eigenvalue weighted by Gasteiger charge is 2.28. The maximum Gasteiger partial charge on any atom is 0.335 e. The zero-order chi connectivity index (χ0) is 14.9. The standard InChI is InChI=1S/C12H10N2O6/c15-10(11(16)12(17)18)7-3-4-8(14(19)20)6-2-1-5-13-9(6)7/h1-5,10-11,15-16H,(H,17,18). The predicted octanol–water partition coefficient (Wildman–Crippen LogP) is 0.622. The number of carboxylic acids is 1. The van der Waals surface area contributed by atoms with Crippen LogP contribution >= 0.6 is 0 Å². The Morgan fingerprint density at radius 3 is 2.60 bits per heavy atom. The Hall–Kier alpha value is -2.58. The number of carbonyl (C=O) groups is 1. The normalized spacial score (nSPS) is 13.9. The number of aromatic nitrogens is 1. The molecule has 2 unspecified atom stereocenters. The van der Waals surface area contributed by atoms with Crippen molar-refractivity contribution >= 4 is 22.6 Å². The van der Waals surface area contributed by atoms with Gasteiger partial charge in [0.1, 0.15) is 6.10 Å². The smallest absolute Gasteiger partial charge is 0.335 e. The molecule has 0 aliphatic heterocycles. The maximum absolute atomic E-state index is 10.9. The van der Waals surface area contributed by atoms with Gasteiger partial charge in [-0.1, -0.05) is 0 Å². The fraction of sp³-hybridized carbons (Fsp3) is 0.167. The molecule has 8 nitrogen and oxygen atoms in total. The Balaban J connectivity index is 2.65. The number of rotatable bonds is 4. The van der Waals surface area contributed by atoms with Crippen molar-refractivity contribution in [2.45, 2.75) is 12.2 Å². The lowest BCUT2D eigenvalue weighted by Crippen LogP contribution is -2.27. The van der Waals surface area contributed by atoms with Gasteiger partial charge >= 0.3 is 5.97 Å². The van der Waals surface area contributed by atoms with Crippen molar-refractivity contribution in [1.29, 1.82) is 0 Å². The molecule has 1 aromatic carbocycles. The molecule has 0 fully saturated rings. The molecule has 0 amide bonds. The van der Waals surface area contributed by atoms with Gasteiger partial charge in [0.25, 0.3) is 5.69 Å². The molecule has 1 aromatic heterocycles. The van der Waals surface area contributed by atoms with E-state index in [1.807, 2.05) is 0 Å². The van der Waals surface area contributed by atoms with Gasteiger partial charge in [-0.15, -0.1) is 0 Å². The number of nitro groups is 1. The SMILES string of the molecule is O=C(O)C(O)C(O)c1ccc([N+](=O)[O-])c2cccnc12. The summed E-state index contributed by atoms with van der Waals surface area (Å²) in [5, 5.41) is 39.0. The monoisotopic (exact) mass is 278 g/mol. The number of benzene rings is 1. The van der Waals surface area contributed by atoms with E-state index in [2.05, 4.69) is 4.98 Å². The first kappa shape index (κ1) is 13.8. The van der Waals surface area contributed by atoms with Crippen molar-refractivity contribution in [3.05, 3.63) is 46.1 Å². The Morgan fingerprint density at radius 1 is 1.30 bits per heavy atom. The third-order valence-corrected chi connectivity index (χ3v) is 2.85. The zero-order valence-electron chi connectivity index (χ0n) is 10.0. The number of aliphatic carboxylic acids is 1. The van der Waals surface area contributed by atoms with Crippen LogP contribution in [-0.4, -0.2) is 37.3 Å². The van der Waals surface area contributed by atoms with Gasteiger partial charge in [-0.3, -0.25) is 15.1 Å². The second-order valence-corrected chi connectivity index (χ2v) is 4.06. The van der Waals surface area contributed by atoms with Crippen LogP contribution in [0, 0.1) is 10.1 Å². The quantitative estimate of drug-likeness (QED) is 0.551. The highest BCUT2D eigenvalue weighted by molar-refractivity contribution is 5.91. The van der Waals surface area contributed by atoms with E-state index in [-0.39, 0.29) is 22.2 Å². The Morgan fingerprint density at radius 2 is 2.00 bits per heavy atom. The number of carboxylic acid groups (broad SMARTS) is 1. The van der Waals surface area contributed by atoms with E-state index in [0.29, 0.717) is 0 Å². The summed E-state index contributed by atoms with van der Waals surface area (Å²) in [6.45, 7) is 0. The van der Waals surface area contributed by atoms with Crippen molar-refractivity contribution in [3.8, 4) is 0 Å². The summed E-state index contributed by atoms with van der Waals surface area (Å²) in [6.07, 6.45) is -2.41. The molecular formula is C12H10N2O6. The van der Waals surface area contributed by atoms with Gasteiger partial charge in [-0.2, -0.15) is 0 Å². The van der Waals surface area contributed by atoms with Crippen LogP contribution in [0.4, 0.5) is 5.69 Å². The molecule has 0 saturated carbocycles. The largest absolute Gasteiger partial charge is 0.479 e. The van der Waals surface area contributed by atoms with E-state index in [0.717, 1.165) is 6.07 Å². The molecule has 104 valence electrons. The number of hydrogen-bond acceptors (Lipinski definition) is 6. The van der Waals surface area contributed by atoms with Gasteiger partial charge < -0.3 is 15.3 Å². The molecule has 0 radical (unpaired) electrons. The van der Waals surface area contributed by atoms with Crippen molar-refractivity contribution < 1.29 is 25.0 Å². The molecule has 20 heavy (non-hydrogen) atoms. The van der Waals surface area contributed by atoms with E-state index in [9.17, 15) is 25.1 Å². The number of pyridine rings is 1. The first-order chi connectivity index (χ1) is 9.43. The average molecular weight is 278 g/mol. The number of non-ortho nitro benzene ring substituents is 1. The van der Waals surface area contributed by atoms with E-state index >= 15 is 0 Å². The minimum Gasteiger partial charge on any atom is -0.479 e. The summed E-state index contributed by atoms with van der Waals surface area (Å²) in [5.41, 5.74) is -0.121. The van der Waals surface area contributed by atoms with Gasteiger partial charge in [0.15, 0.2) is 6.10 Å². The third-order valence-electron chi connectivity index (χ3n) is 2.85.